The molecule has 72 valence electrons. The van der Waals surface area contributed by atoms with Gasteiger partial charge in [-0.2, -0.15) is 4.98 Å². The van der Waals surface area contributed by atoms with Crippen molar-refractivity contribution in [3.8, 4) is 0 Å². The van der Waals surface area contributed by atoms with E-state index in [1.807, 2.05) is 6.92 Å². The Bertz CT molecular complexity index is 295. The zero-order chi connectivity index (χ0) is 9.84. The monoisotopic (exact) mass is 183 g/mol. The van der Waals surface area contributed by atoms with Crippen LogP contribution in [0.25, 0.3) is 0 Å². The lowest BCUT2D eigenvalue weighted by atomic mass is 10.2. The number of aromatic nitrogens is 2. The van der Waals surface area contributed by atoms with Crippen LogP contribution in [0.5, 0.6) is 0 Å². The lowest BCUT2D eigenvalue weighted by molar-refractivity contribution is -0.119. The van der Waals surface area contributed by atoms with Gasteiger partial charge in [0.15, 0.2) is 5.82 Å². The molecular weight excluding hydrogens is 170 g/mol. The Morgan fingerprint density at radius 3 is 2.85 bits per heavy atom. The fourth-order valence-electron chi connectivity index (χ4n) is 1.10. The Balaban J connectivity index is 2.44. The zero-order valence-electron chi connectivity index (χ0n) is 8.00. The Morgan fingerprint density at radius 2 is 2.38 bits per heavy atom. The average molecular weight is 183 g/mol. The van der Waals surface area contributed by atoms with Crippen LogP contribution in [0.3, 0.4) is 0 Å². The number of rotatable bonds is 3. The van der Waals surface area contributed by atoms with Crippen LogP contribution >= 0.6 is 0 Å². The molecule has 0 aliphatic rings. The van der Waals surface area contributed by atoms with Crippen LogP contribution < -0.4 is 5.32 Å². The standard InChI is InChI=1S/C8H13N3O2/c1-5(9-6(2)12)4-8-10-7(3)13-11-8/h5H,4H2,1-3H3,(H,9,12). The molecule has 1 aromatic rings. The van der Waals surface area contributed by atoms with E-state index in [0.29, 0.717) is 18.1 Å². The smallest absolute Gasteiger partial charge is 0.223 e. The molecule has 1 aromatic heterocycles. The van der Waals surface area contributed by atoms with Gasteiger partial charge in [0.25, 0.3) is 0 Å². The number of hydrogen-bond acceptors (Lipinski definition) is 4. The molecule has 13 heavy (non-hydrogen) atoms. The van der Waals surface area contributed by atoms with E-state index in [4.69, 9.17) is 4.52 Å². The molecule has 1 atom stereocenters. The molecule has 0 aromatic carbocycles. The van der Waals surface area contributed by atoms with Gasteiger partial charge in [-0.3, -0.25) is 4.79 Å². The lowest BCUT2D eigenvalue weighted by Gasteiger charge is -2.08. The predicted octanol–water partition coefficient (Wildman–Crippen LogP) is 0.445. The molecule has 5 heteroatoms. The van der Waals surface area contributed by atoms with Gasteiger partial charge in [0, 0.05) is 26.3 Å². The highest BCUT2D eigenvalue weighted by Gasteiger charge is 2.08. The maximum atomic E-state index is 10.7. The van der Waals surface area contributed by atoms with E-state index in [2.05, 4.69) is 15.5 Å². The number of carbonyl (C=O) groups excluding carboxylic acids is 1. The van der Waals surface area contributed by atoms with Crippen LogP contribution in [0, 0.1) is 6.92 Å². The molecule has 0 saturated carbocycles. The minimum atomic E-state index is -0.0484. The van der Waals surface area contributed by atoms with Gasteiger partial charge in [-0.25, -0.2) is 0 Å². The average Bonchev–Trinajstić information content (AvgIpc) is 2.33. The third kappa shape index (κ3) is 3.23. The summed E-state index contributed by atoms with van der Waals surface area (Å²) in [6, 6.07) is 0.0366. The highest BCUT2D eigenvalue weighted by atomic mass is 16.5. The van der Waals surface area contributed by atoms with Crippen LogP contribution in [-0.4, -0.2) is 22.1 Å². The van der Waals surface area contributed by atoms with Crippen molar-refractivity contribution in [2.45, 2.75) is 33.2 Å². The van der Waals surface area contributed by atoms with Crippen molar-refractivity contribution >= 4 is 5.91 Å². The largest absolute Gasteiger partial charge is 0.353 e. The summed E-state index contributed by atoms with van der Waals surface area (Å²) in [4.78, 5) is 14.7. The van der Waals surface area contributed by atoms with Gasteiger partial charge < -0.3 is 9.84 Å². The fourth-order valence-corrected chi connectivity index (χ4v) is 1.10. The summed E-state index contributed by atoms with van der Waals surface area (Å²) in [6.45, 7) is 5.12. The number of aryl methyl sites for hydroxylation is 1. The summed E-state index contributed by atoms with van der Waals surface area (Å²) in [6.07, 6.45) is 0.594. The second-order valence-corrected chi connectivity index (χ2v) is 3.04. The predicted molar refractivity (Wildman–Crippen MR) is 46.0 cm³/mol. The van der Waals surface area contributed by atoms with Crippen LogP contribution in [0.15, 0.2) is 4.52 Å². The highest BCUT2D eigenvalue weighted by molar-refractivity contribution is 5.73. The third-order valence-electron chi connectivity index (χ3n) is 1.51. The molecule has 1 heterocycles. The highest BCUT2D eigenvalue weighted by Crippen LogP contribution is 1.98. The summed E-state index contributed by atoms with van der Waals surface area (Å²) < 4.78 is 4.80. The van der Waals surface area contributed by atoms with E-state index in [9.17, 15) is 4.79 Å². The minimum Gasteiger partial charge on any atom is -0.353 e. The molecule has 1 N–H and O–H groups in total. The third-order valence-corrected chi connectivity index (χ3v) is 1.51. The van der Waals surface area contributed by atoms with E-state index in [1.54, 1.807) is 6.92 Å². The summed E-state index contributed by atoms with van der Waals surface area (Å²) in [5.41, 5.74) is 0. The number of carbonyl (C=O) groups is 1. The second kappa shape index (κ2) is 4.02. The van der Waals surface area contributed by atoms with Crippen molar-refractivity contribution in [2.24, 2.45) is 0 Å². The van der Waals surface area contributed by atoms with Crippen molar-refractivity contribution in [2.75, 3.05) is 0 Å². The summed E-state index contributed by atoms with van der Waals surface area (Å²) in [5.74, 6) is 1.12. The fraction of sp³-hybridized carbons (Fsp3) is 0.625. The molecule has 1 unspecified atom stereocenters. The maximum Gasteiger partial charge on any atom is 0.223 e. The van der Waals surface area contributed by atoms with Gasteiger partial charge in [0.2, 0.25) is 11.8 Å². The SMILES string of the molecule is CC(=O)NC(C)Cc1noc(C)n1. The van der Waals surface area contributed by atoms with Gasteiger partial charge in [-0.05, 0) is 6.92 Å². The van der Waals surface area contributed by atoms with Crippen molar-refractivity contribution in [3.63, 3.8) is 0 Å². The second-order valence-electron chi connectivity index (χ2n) is 3.04. The first-order valence-corrected chi connectivity index (χ1v) is 4.14. The van der Waals surface area contributed by atoms with Crippen LogP contribution in [0.1, 0.15) is 25.6 Å². The number of amides is 1. The molecule has 1 rings (SSSR count). The van der Waals surface area contributed by atoms with Crippen LogP contribution in [0.4, 0.5) is 0 Å². The van der Waals surface area contributed by atoms with E-state index in [1.165, 1.54) is 6.92 Å². The summed E-state index contributed by atoms with van der Waals surface area (Å²) >= 11 is 0. The van der Waals surface area contributed by atoms with Crippen molar-refractivity contribution in [1.29, 1.82) is 0 Å². The Kier molecular flexibility index (Phi) is 3.00. The number of nitrogens with zero attached hydrogens (tertiary/aromatic N) is 2. The summed E-state index contributed by atoms with van der Waals surface area (Å²) in [7, 11) is 0. The van der Waals surface area contributed by atoms with Gasteiger partial charge in [-0.15, -0.1) is 0 Å². The molecule has 0 bridgehead atoms. The molecule has 0 fully saturated rings. The van der Waals surface area contributed by atoms with Crippen molar-refractivity contribution < 1.29 is 9.32 Å². The van der Waals surface area contributed by atoms with E-state index >= 15 is 0 Å². The quantitative estimate of drug-likeness (QED) is 0.738. The van der Waals surface area contributed by atoms with Gasteiger partial charge in [-0.1, -0.05) is 5.16 Å². The Morgan fingerprint density at radius 1 is 1.69 bits per heavy atom. The maximum absolute atomic E-state index is 10.7. The molecule has 1 amide bonds. The zero-order valence-corrected chi connectivity index (χ0v) is 8.00. The van der Waals surface area contributed by atoms with Crippen molar-refractivity contribution in [1.82, 2.24) is 15.5 Å². The van der Waals surface area contributed by atoms with Gasteiger partial charge in [0.1, 0.15) is 0 Å². The summed E-state index contributed by atoms with van der Waals surface area (Å²) in [5, 5.41) is 6.47. The van der Waals surface area contributed by atoms with Gasteiger partial charge >= 0.3 is 0 Å². The Hall–Kier alpha value is -1.39. The number of nitrogens with one attached hydrogen (secondary N) is 1. The van der Waals surface area contributed by atoms with Crippen LogP contribution in [0.2, 0.25) is 0 Å². The molecule has 0 aliphatic carbocycles. The lowest BCUT2D eigenvalue weighted by Crippen LogP contribution is -2.32. The molecular formula is C8H13N3O2. The first kappa shape index (κ1) is 9.70. The molecule has 0 spiro atoms. The number of hydrogen-bond donors (Lipinski definition) is 1. The normalized spacial score (nSPS) is 12.5. The van der Waals surface area contributed by atoms with E-state index in [-0.39, 0.29) is 11.9 Å². The van der Waals surface area contributed by atoms with Gasteiger partial charge in [0.05, 0.1) is 0 Å². The first-order valence-electron chi connectivity index (χ1n) is 4.14. The topological polar surface area (TPSA) is 68.0 Å². The molecule has 0 saturated heterocycles. The minimum absolute atomic E-state index is 0.0366. The molecule has 0 aliphatic heterocycles. The van der Waals surface area contributed by atoms with E-state index < -0.39 is 0 Å². The van der Waals surface area contributed by atoms with Crippen molar-refractivity contribution in [3.05, 3.63) is 11.7 Å². The van der Waals surface area contributed by atoms with E-state index in [0.717, 1.165) is 0 Å². The first-order chi connectivity index (χ1) is 6.08. The molecule has 5 nitrogen and oxygen atoms in total. The molecule has 0 radical (unpaired) electrons. The Labute approximate surface area is 76.5 Å². The van der Waals surface area contributed by atoms with Crippen LogP contribution in [-0.2, 0) is 11.2 Å².